The van der Waals surface area contributed by atoms with Crippen LogP contribution in [0.4, 0.5) is 4.39 Å². The topological polar surface area (TPSA) is 38.5 Å². The Labute approximate surface area is 115 Å². The van der Waals surface area contributed by atoms with E-state index in [1.807, 2.05) is 27.1 Å². The summed E-state index contributed by atoms with van der Waals surface area (Å²) < 4.78 is 19.2. The van der Waals surface area contributed by atoms with Crippen LogP contribution in [0, 0.1) is 11.7 Å². The molecule has 0 bridgehead atoms. The minimum atomic E-state index is -0.300. The molecule has 108 valence electrons. The first-order valence-electron chi connectivity index (χ1n) is 6.80. The maximum atomic E-state index is 13.9. The highest BCUT2D eigenvalue weighted by Crippen LogP contribution is 2.31. The highest BCUT2D eigenvalue weighted by atomic mass is 19.1. The van der Waals surface area contributed by atoms with Crippen molar-refractivity contribution in [2.45, 2.75) is 26.3 Å². The molecule has 1 aromatic rings. The van der Waals surface area contributed by atoms with Crippen molar-refractivity contribution in [2.24, 2.45) is 11.7 Å². The van der Waals surface area contributed by atoms with E-state index in [0.717, 1.165) is 12.0 Å². The predicted molar refractivity (Wildman–Crippen MR) is 76.8 cm³/mol. The molecule has 0 aromatic heterocycles. The Bertz CT molecular complexity index is 396. The zero-order valence-corrected chi connectivity index (χ0v) is 12.3. The fraction of sp³-hybridized carbons (Fsp3) is 0.600. The van der Waals surface area contributed by atoms with Gasteiger partial charge in [0, 0.05) is 6.04 Å². The molecule has 0 aliphatic carbocycles. The fourth-order valence-corrected chi connectivity index (χ4v) is 2.53. The van der Waals surface area contributed by atoms with E-state index in [-0.39, 0.29) is 11.9 Å². The molecule has 1 aromatic carbocycles. The summed E-state index contributed by atoms with van der Waals surface area (Å²) >= 11 is 0. The van der Waals surface area contributed by atoms with Crippen LogP contribution in [-0.4, -0.2) is 32.1 Å². The highest BCUT2D eigenvalue weighted by molar-refractivity contribution is 5.31. The van der Waals surface area contributed by atoms with Gasteiger partial charge in [0.2, 0.25) is 0 Å². The molecule has 2 N–H and O–H groups in total. The summed E-state index contributed by atoms with van der Waals surface area (Å²) in [6.45, 7) is 5.10. The molecular formula is C15H25FN2O. The standard InChI is InChI=1S/C15H25FN2O/c1-5-19-14-7-6-12(10-13(14)16)15(18(3)4)11(2)8-9-17/h6-7,10-11,15H,5,8-9,17H2,1-4H3. The second-order valence-corrected chi connectivity index (χ2v) is 5.09. The van der Waals surface area contributed by atoms with Crippen molar-refractivity contribution in [1.29, 1.82) is 0 Å². The lowest BCUT2D eigenvalue weighted by Crippen LogP contribution is -2.27. The number of nitrogens with zero attached hydrogens (tertiary/aromatic N) is 1. The number of hydrogen-bond acceptors (Lipinski definition) is 3. The SMILES string of the molecule is CCOc1ccc(C(C(C)CCN)N(C)C)cc1F. The maximum Gasteiger partial charge on any atom is 0.165 e. The number of hydrogen-bond donors (Lipinski definition) is 1. The number of rotatable bonds is 7. The minimum Gasteiger partial charge on any atom is -0.491 e. The molecule has 0 heterocycles. The molecule has 0 saturated carbocycles. The van der Waals surface area contributed by atoms with Crippen LogP contribution < -0.4 is 10.5 Å². The minimum absolute atomic E-state index is 0.161. The van der Waals surface area contributed by atoms with Crippen LogP contribution in [-0.2, 0) is 0 Å². The molecule has 1 rings (SSSR count). The van der Waals surface area contributed by atoms with Crippen LogP contribution in [0.15, 0.2) is 18.2 Å². The summed E-state index contributed by atoms with van der Waals surface area (Å²) in [7, 11) is 4.01. The van der Waals surface area contributed by atoms with Crippen LogP contribution in [0.2, 0.25) is 0 Å². The third kappa shape index (κ3) is 4.18. The molecular weight excluding hydrogens is 243 g/mol. The van der Waals surface area contributed by atoms with Gasteiger partial charge >= 0.3 is 0 Å². The largest absolute Gasteiger partial charge is 0.491 e. The van der Waals surface area contributed by atoms with Gasteiger partial charge in [-0.25, -0.2) is 4.39 Å². The smallest absolute Gasteiger partial charge is 0.165 e. The van der Waals surface area contributed by atoms with Crippen molar-refractivity contribution in [3.63, 3.8) is 0 Å². The molecule has 0 saturated heterocycles. The molecule has 0 radical (unpaired) electrons. The second-order valence-electron chi connectivity index (χ2n) is 5.09. The van der Waals surface area contributed by atoms with Gasteiger partial charge in [-0.05, 0) is 57.6 Å². The van der Waals surface area contributed by atoms with Gasteiger partial charge in [-0.3, -0.25) is 0 Å². The third-order valence-corrected chi connectivity index (χ3v) is 3.31. The van der Waals surface area contributed by atoms with Gasteiger partial charge in [-0.2, -0.15) is 0 Å². The number of halogens is 1. The first-order chi connectivity index (χ1) is 9.01. The van der Waals surface area contributed by atoms with E-state index in [4.69, 9.17) is 10.5 Å². The Morgan fingerprint density at radius 1 is 1.37 bits per heavy atom. The molecule has 2 unspecified atom stereocenters. The fourth-order valence-electron chi connectivity index (χ4n) is 2.53. The van der Waals surface area contributed by atoms with E-state index in [9.17, 15) is 4.39 Å². The van der Waals surface area contributed by atoms with Gasteiger partial charge in [0.05, 0.1) is 6.61 Å². The Kier molecular flexibility index (Phi) is 6.25. The number of nitrogens with two attached hydrogens (primary N) is 1. The first-order valence-corrected chi connectivity index (χ1v) is 6.80. The van der Waals surface area contributed by atoms with Crippen molar-refractivity contribution >= 4 is 0 Å². The summed E-state index contributed by atoms with van der Waals surface area (Å²) in [5.41, 5.74) is 6.59. The van der Waals surface area contributed by atoms with Crippen molar-refractivity contribution in [3.05, 3.63) is 29.6 Å². The zero-order chi connectivity index (χ0) is 14.4. The molecule has 0 amide bonds. The molecule has 2 atom stereocenters. The van der Waals surface area contributed by atoms with Gasteiger partial charge in [0.1, 0.15) is 0 Å². The van der Waals surface area contributed by atoms with Crippen molar-refractivity contribution in [1.82, 2.24) is 4.90 Å². The van der Waals surface area contributed by atoms with Crippen LogP contribution >= 0.6 is 0 Å². The lowest BCUT2D eigenvalue weighted by molar-refractivity contribution is 0.216. The highest BCUT2D eigenvalue weighted by Gasteiger charge is 2.22. The van der Waals surface area contributed by atoms with Gasteiger partial charge in [0.25, 0.3) is 0 Å². The van der Waals surface area contributed by atoms with E-state index >= 15 is 0 Å². The molecule has 0 aliphatic heterocycles. The van der Waals surface area contributed by atoms with Crippen LogP contribution in [0.3, 0.4) is 0 Å². The number of benzene rings is 1. The normalized spacial score (nSPS) is 14.5. The molecule has 4 heteroatoms. The lowest BCUT2D eigenvalue weighted by Gasteiger charge is -2.30. The zero-order valence-electron chi connectivity index (χ0n) is 12.3. The van der Waals surface area contributed by atoms with Crippen LogP contribution in [0.25, 0.3) is 0 Å². The average molecular weight is 268 g/mol. The summed E-state index contributed by atoms with van der Waals surface area (Å²) in [5, 5.41) is 0. The van der Waals surface area contributed by atoms with Gasteiger partial charge in [0.15, 0.2) is 11.6 Å². The van der Waals surface area contributed by atoms with Gasteiger partial charge in [-0.1, -0.05) is 13.0 Å². The molecule has 0 aliphatic rings. The van der Waals surface area contributed by atoms with E-state index in [0.29, 0.717) is 24.8 Å². The van der Waals surface area contributed by atoms with E-state index in [1.165, 1.54) is 0 Å². The monoisotopic (exact) mass is 268 g/mol. The quantitative estimate of drug-likeness (QED) is 0.826. The molecule has 0 fully saturated rings. The average Bonchev–Trinajstić information content (AvgIpc) is 2.33. The molecule has 19 heavy (non-hydrogen) atoms. The van der Waals surface area contributed by atoms with Crippen molar-refractivity contribution < 1.29 is 9.13 Å². The van der Waals surface area contributed by atoms with E-state index in [2.05, 4.69) is 11.8 Å². The number of ether oxygens (including phenoxy) is 1. The molecule has 0 spiro atoms. The second kappa shape index (κ2) is 7.46. The maximum absolute atomic E-state index is 13.9. The lowest BCUT2D eigenvalue weighted by atomic mass is 9.91. The van der Waals surface area contributed by atoms with Crippen molar-refractivity contribution in [2.75, 3.05) is 27.2 Å². The van der Waals surface area contributed by atoms with Gasteiger partial charge in [-0.15, -0.1) is 0 Å². The Morgan fingerprint density at radius 2 is 2.05 bits per heavy atom. The summed E-state index contributed by atoms with van der Waals surface area (Å²) in [5.74, 6) is 0.388. The summed E-state index contributed by atoms with van der Waals surface area (Å²) in [6.07, 6.45) is 0.914. The Morgan fingerprint density at radius 3 is 2.53 bits per heavy atom. The van der Waals surface area contributed by atoms with Crippen molar-refractivity contribution in [3.8, 4) is 5.75 Å². The Hall–Kier alpha value is -1.13. The van der Waals surface area contributed by atoms with Gasteiger partial charge < -0.3 is 15.4 Å². The van der Waals surface area contributed by atoms with Crippen LogP contribution in [0.5, 0.6) is 5.75 Å². The first kappa shape index (κ1) is 15.9. The summed E-state index contributed by atoms with van der Waals surface area (Å²) in [6, 6.07) is 5.38. The predicted octanol–water partition coefficient (Wildman–Crippen LogP) is 2.81. The summed E-state index contributed by atoms with van der Waals surface area (Å²) in [4.78, 5) is 2.11. The third-order valence-electron chi connectivity index (χ3n) is 3.31. The Balaban J connectivity index is 3.00. The van der Waals surface area contributed by atoms with Crippen LogP contribution in [0.1, 0.15) is 31.9 Å². The van der Waals surface area contributed by atoms with E-state index in [1.54, 1.807) is 12.1 Å². The molecule has 3 nitrogen and oxygen atoms in total. The van der Waals surface area contributed by atoms with E-state index < -0.39 is 0 Å².